The smallest absolute Gasteiger partial charge is 0.260 e. The number of nitrogens with one attached hydrogen (secondary N) is 2. The molecule has 8 heteroatoms. The van der Waals surface area contributed by atoms with Crippen molar-refractivity contribution in [2.45, 2.75) is 31.8 Å². The van der Waals surface area contributed by atoms with Crippen molar-refractivity contribution in [3.05, 3.63) is 34.4 Å². The molecule has 0 spiro atoms. The molecule has 0 aliphatic carbocycles. The lowest BCUT2D eigenvalue weighted by Crippen LogP contribution is -2.25. The van der Waals surface area contributed by atoms with Crippen molar-refractivity contribution in [1.29, 1.82) is 0 Å². The molecule has 2 N–H and O–H groups in total. The Labute approximate surface area is 128 Å². The molecule has 2 heterocycles. The van der Waals surface area contributed by atoms with Gasteiger partial charge in [-0.3, -0.25) is 0 Å². The van der Waals surface area contributed by atoms with Gasteiger partial charge >= 0.3 is 0 Å². The summed E-state index contributed by atoms with van der Waals surface area (Å²) in [4.78, 5) is 8.97. The van der Waals surface area contributed by atoms with E-state index in [1.807, 2.05) is 13.8 Å². The predicted molar refractivity (Wildman–Crippen MR) is 83.9 cm³/mol. The second kappa shape index (κ2) is 6.97. The van der Waals surface area contributed by atoms with Crippen LogP contribution in [0.1, 0.15) is 23.2 Å². The van der Waals surface area contributed by atoms with Gasteiger partial charge in [-0.1, -0.05) is 6.92 Å². The molecule has 0 amide bonds. The molecule has 21 heavy (non-hydrogen) atoms. The van der Waals surface area contributed by atoms with E-state index in [0.717, 1.165) is 16.3 Å². The zero-order valence-electron chi connectivity index (χ0n) is 12.0. The summed E-state index contributed by atoms with van der Waals surface area (Å²) in [7, 11) is -3.66. The van der Waals surface area contributed by atoms with E-state index in [-0.39, 0.29) is 11.6 Å². The lowest BCUT2D eigenvalue weighted by molar-refractivity contribution is 0.578. The minimum Gasteiger partial charge on any atom is -0.383 e. The SMILES string of the molecule is CCCNc1cccnc1S(=O)(=O)NCc1cnc(C)s1. The van der Waals surface area contributed by atoms with Crippen LogP contribution in [0.15, 0.2) is 29.6 Å². The average molecular weight is 326 g/mol. The van der Waals surface area contributed by atoms with Crippen LogP contribution in [0.4, 0.5) is 5.69 Å². The Balaban J connectivity index is 2.15. The first kappa shape index (κ1) is 15.9. The summed E-state index contributed by atoms with van der Waals surface area (Å²) in [6.45, 7) is 4.82. The van der Waals surface area contributed by atoms with E-state index in [2.05, 4.69) is 20.0 Å². The van der Waals surface area contributed by atoms with Crippen molar-refractivity contribution in [2.24, 2.45) is 0 Å². The summed E-state index contributed by atoms with van der Waals surface area (Å²) in [5.41, 5.74) is 0.521. The molecular weight excluding hydrogens is 308 g/mol. The number of nitrogens with zero attached hydrogens (tertiary/aromatic N) is 2. The van der Waals surface area contributed by atoms with Crippen LogP contribution in [-0.2, 0) is 16.6 Å². The summed E-state index contributed by atoms with van der Waals surface area (Å²) >= 11 is 1.47. The van der Waals surface area contributed by atoms with Crippen molar-refractivity contribution >= 4 is 27.0 Å². The molecule has 0 unspecified atom stereocenters. The Morgan fingerprint density at radius 3 is 2.81 bits per heavy atom. The highest BCUT2D eigenvalue weighted by molar-refractivity contribution is 7.89. The van der Waals surface area contributed by atoms with Crippen molar-refractivity contribution in [1.82, 2.24) is 14.7 Å². The van der Waals surface area contributed by atoms with Gasteiger partial charge in [0.2, 0.25) is 0 Å². The van der Waals surface area contributed by atoms with Crippen molar-refractivity contribution in [3.63, 3.8) is 0 Å². The first-order valence-corrected chi connectivity index (χ1v) is 8.92. The van der Waals surface area contributed by atoms with Crippen LogP contribution in [0, 0.1) is 6.92 Å². The summed E-state index contributed by atoms with van der Waals surface area (Å²) < 4.78 is 27.3. The third-order valence-corrected chi connectivity index (χ3v) is 4.97. The van der Waals surface area contributed by atoms with Crippen LogP contribution >= 0.6 is 11.3 Å². The number of pyridine rings is 1. The van der Waals surface area contributed by atoms with Gasteiger partial charge in [-0.15, -0.1) is 11.3 Å². The van der Waals surface area contributed by atoms with Gasteiger partial charge in [-0.2, -0.15) is 0 Å². The quantitative estimate of drug-likeness (QED) is 0.814. The number of hydrogen-bond acceptors (Lipinski definition) is 6. The Kier molecular flexibility index (Phi) is 5.27. The molecule has 0 aliphatic heterocycles. The maximum atomic E-state index is 12.4. The van der Waals surface area contributed by atoms with Gasteiger partial charge < -0.3 is 5.32 Å². The molecule has 0 radical (unpaired) electrons. The number of sulfonamides is 1. The zero-order valence-corrected chi connectivity index (χ0v) is 13.6. The van der Waals surface area contributed by atoms with Crippen LogP contribution in [0.5, 0.6) is 0 Å². The molecule has 0 atom stereocenters. The van der Waals surface area contributed by atoms with Crippen molar-refractivity contribution in [2.75, 3.05) is 11.9 Å². The molecule has 0 saturated heterocycles. The molecule has 0 saturated carbocycles. The summed E-state index contributed by atoms with van der Waals surface area (Å²) in [6.07, 6.45) is 4.06. The van der Waals surface area contributed by atoms with Gasteiger partial charge in [0.1, 0.15) is 0 Å². The highest BCUT2D eigenvalue weighted by Gasteiger charge is 2.20. The second-order valence-electron chi connectivity index (χ2n) is 4.45. The number of hydrogen-bond donors (Lipinski definition) is 2. The van der Waals surface area contributed by atoms with E-state index in [1.165, 1.54) is 17.5 Å². The van der Waals surface area contributed by atoms with Crippen LogP contribution < -0.4 is 10.0 Å². The fraction of sp³-hybridized carbons (Fsp3) is 0.385. The molecule has 0 aromatic carbocycles. The van der Waals surface area contributed by atoms with Crippen LogP contribution in [0.25, 0.3) is 0 Å². The van der Waals surface area contributed by atoms with Crippen molar-refractivity contribution in [3.8, 4) is 0 Å². The van der Waals surface area contributed by atoms with Crippen molar-refractivity contribution < 1.29 is 8.42 Å². The predicted octanol–water partition coefficient (Wildman–Crippen LogP) is 2.15. The first-order chi connectivity index (χ1) is 10.0. The standard InChI is InChI=1S/C13H18N4O2S2/c1-3-6-14-12-5-4-7-15-13(12)21(18,19)17-9-11-8-16-10(2)20-11/h4-5,7-8,14,17H,3,6,9H2,1-2H3. The third-order valence-electron chi connectivity index (χ3n) is 2.70. The van der Waals surface area contributed by atoms with E-state index >= 15 is 0 Å². The minimum atomic E-state index is -3.66. The summed E-state index contributed by atoms with van der Waals surface area (Å²) in [5, 5.41) is 4.02. The lowest BCUT2D eigenvalue weighted by Gasteiger charge is -2.11. The Bertz CT molecular complexity index is 698. The van der Waals surface area contributed by atoms with Crippen LogP contribution in [0.2, 0.25) is 0 Å². The number of anilines is 1. The zero-order chi connectivity index (χ0) is 15.3. The topological polar surface area (TPSA) is 84.0 Å². The number of rotatable bonds is 7. The van der Waals surface area contributed by atoms with E-state index < -0.39 is 10.0 Å². The fourth-order valence-corrected chi connectivity index (χ4v) is 3.66. The molecule has 2 aromatic heterocycles. The molecule has 2 rings (SSSR count). The van der Waals surface area contributed by atoms with E-state index in [0.29, 0.717) is 12.2 Å². The average Bonchev–Trinajstić information content (AvgIpc) is 2.89. The number of thiazole rings is 1. The maximum Gasteiger partial charge on any atom is 0.260 e. The molecule has 6 nitrogen and oxygen atoms in total. The monoisotopic (exact) mass is 326 g/mol. The molecule has 0 fully saturated rings. The van der Waals surface area contributed by atoms with E-state index in [9.17, 15) is 8.42 Å². The largest absolute Gasteiger partial charge is 0.383 e. The van der Waals surface area contributed by atoms with Gasteiger partial charge in [-0.05, 0) is 25.5 Å². The minimum absolute atomic E-state index is 0.0275. The number of aromatic nitrogens is 2. The summed E-state index contributed by atoms with van der Waals surface area (Å²) in [5.74, 6) is 0. The second-order valence-corrected chi connectivity index (χ2v) is 7.45. The van der Waals surface area contributed by atoms with Crippen LogP contribution in [0.3, 0.4) is 0 Å². The highest BCUT2D eigenvalue weighted by Crippen LogP contribution is 2.19. The third kappa shape index (κ3) is 4.23. The fourth-order valence-electron chi connectivity index (χ4n) is 1.72. The highest BCUT2D eigenvalue weighted by atomic mass is 32.2. The van der Waals surface area contributed by atoms with Gasteiger partial charge in [0.05, 0.1) is 10.7 Å². The molecule has 0 aliphatic rings. The number of aryl methyl sites for hydroxylation is 1. The van der Waals surface area contributed by atoms with E-state index in [1.54, 1.807) is 18.3 Å². The van der Waals surface area contributed by atoms with Gasteiger partial charge in [-0.25, -0.2) is 23.1 Å². The normalized spacial score (nSPS) is 11.5. The maximum absolute atomic E-state index is 12.4. The van der Waals surface area contributed by atoms with Gasteiger partial charge in [0.25, 0.3) is 10.0 Å². The first-order valence-electron chi connectivity index (χ1n) is 6.63. The Morgan fingerprint density at radius 2 is 2.14 bits per heavy atom. The summed E-state index contributed by atoms with van der Waals surface area (Å²) in [6, 6.07) is 3.43. The van der Waals surface area contributed by atoms with E-state index in [4.69, 9.17) is 0 Å². The molecule has 114 valence electrons. The van der Waals surface area contributed by atoms with Crippen LogP contribution in [-0.4, -0.2) is 24.9 Å². The Morgan fingerprint density at radius 1 is 1.33 bits per heavy atom. The van der Waals surface area contributed by atoms with Gasteiger partial charge in [0.15, 0.2) is 5.03 Å². The lowest BCUT2D eigenvalue weighted by atomic mass is 10.4. The molecule has 0 bridgehead atoms. The Hall–Kier alpha value is -1.51. The molecular formula is C13H18N4O2S2. The van der Waals surface area contributed by atoms with Gasteiger partial charge in [0, 0.05) is 30.4 Å². The molecule has 2 aromatic rings.